The first-order valence-corrected chi connectivity index (χ1v) is 13.1. The largest absolute Gasteiger partial charge is 0.508 e. The number of benzene rings is 1. The van der Waals surface area contributed by atoms with E-state index in [2.05, 4.69) is 16.0 Å². The highest BCUT2D eigenvalue weighted by Gasteiger charge is 2.55. The maximum atomic E-state index is 13.1. The molecule has 3 atom stereocenters. The number of likely N-dealkylation sites (tertiary alicyclic amines) is 2. The molecule has 2 bridgehead atoms. The normalized spacial score (nSPS) is 29.9. The summed E-state index contributed by atoms with van der Waals surface area (Å²) in [4.78, 5) is 33.8. The van der Waals surface area contributed by atoms with Gasteiger partial charge in [0.05, 0.1) is 0 Å². The second-order valence-electron chi connectivity index (χ2n) is 11.5. The fraction of sp³-hybridized carbons (Fsp3) is 0.571. The van der Waals surface area contributed by atoms with E-state index in [9.17, 15) is 14.7 Å². The fourth-order valence-electron chi connectivity index (χ4n) is 7.61. The van der Waals surface area contributed by atoms with Crippen molar-refractivity contribution < 1.29 is 9.90 Å². The summed E-state index contributed by atoms with van der Waals surface area (Å²) < 4.78 is 0. The van der Waals surface area contributed by atoms with E-state index in [1.807, 2.05) is 23.1 Å². The lowest BCUT2D eigenvalue weighted by molar-refractivity contribution is 0.00458. The van der Waals surface area contributed by atoms with E-state index in [4.69, 9.17) is 0 Å². The zero-order chi connectivity index (χ0) is 23.0. The summed E-state index contributed by atoms with van der Waals surface area (Å²) in [7, 11) is 0. The van der Waals surface area contributed by atoms with Gasteiger partial charge in [-0.15, -0.1) is 0 Å². The van der Waals surface area contributed by atoms with Crippen molar-refractivity contribution in [2.75, 3.05) is 26.2 Å². The molecule has 6 nitrogen and oxygen atoms in total. The second-order valence-corrected chi connectivity index (χ2v) is 11.5. The number of carbonyl (C=O) groups is 1. The third kappa shape index (κ3) is 3.10. The van der Waals surface area contributed by atoms with Crippen LogP contribution in [0.4, 0.5) is 0 Å². The number of nitrogens with zero attached hydrogens (tertiary/aromatic N) is 2. The van der Waals surface area contributed by atoms with Crippen LogP contribution in [0.25, 0.3) is 0 Å². The number of H-pyrrole nitrogens is 1. The summed E-state index contributed by atoms with van der Waals surface area (Å²) in [6.45, 7) is 3.78. The van der Waals surface area contributed by atoms with Gasteiger partial charge in [-0.3, -0.25) is 14.5 Å². The fourth-order valence-corrected chi connectivity index (χ4v) is 7.61. The van der Waals surface area contributed by atoms with Gasteiger partial charge >= 0.3 is 0 Å². The summed E-state index contributed by atoms with van der Waals surface area (Å²) in [6.07, 6.45) is 8.48. The monoisotopic (exact) mass is 459 g/mol. The minimum Gasteiger partial charge on any atom is -0.508 e. The Morgan fingerprint density at radius 2 is 1.91 bits per heavy atom. The number of piperidine rings is 1. The van der Waals surface area contributed by atoms with Crippen molar-refractivity contribution in [1.29, 1.82) is 0 Å². The highest BCUT2D eigenvalue weighted by atomic mass is 16.3. The predicted molar refractivity (Wildman–Crippen MR) is 129 cm³/mol. The minimum absolute atomic E-state index is 0.0620. The molecule has 1 aromatic heterocycles. The van der Waals surface area contributed by atoms with E-state index >= 15 is 0 Å². The van der Waals surface area contributed by atoms with Crippen LogP contribution < -0.4 is 5.56 Å². The summed E-state index contributed by atoms with van der Waals surface area (Å²) >= 11 is 0. The van der Waals surface area contributed by atoms with E-state index in [0.717, 1.165) is 75.3 Å². The van der Waals surface area contributed by atoms with Gasteiger partial charge in [0.25, 0.3) is 11.5 Å². The van der Waals surface area contributed by atoms with Crippen molar-refractivity contribution in [2.45, 2.75) is 62.8 Å². The van der Waals surface area contributed by atoms with Gasteiger partial charge in [0.2, 0.25) is 0 Å². The second kappa shape index (κ2) is 7.45. The van der Waals surface area contributed by atoms with Crippen molar-refractivity contribution in [2.24, 2.45) is 11.8 Å². The highest BCUT2D eigenvalue weighted by Crippen LogP contribution is 2.55. The lowest BCUT2D eigenvalue weighted by Crippen LogP contribution is -2.63. The van der Waals surface area contributed by atoms with Crippen LogP contribution in [0.2, 0.25) is 0 Å². The maximum absolute atomic E-state index is 13.1. The number of fused-ring (bicyclic) bond motifs is 2. The molecule has 6 heteroatoms. The molecule has 2 N–H and O–H groups in total. The number of hydrogen-bond donors (Lipinski definition) is 2. The van der Waals surface area contributed by atoms with Crippen molar-refractivity contribution in [3.8, 4) is 5.75 Å². The number of hydrogen-bond acceptors (Lipinski definition) is 4. The maximum Gasteiger partial charge on any atom is 0.261 e. The minimum atomic E-state index is -0.250. The molecule has 2 aromatic rings. The number of phenolic OH excluding ortho intramolecular Hbond substituents is 1. The number of amides is 1. The van der Waals surface area contributed by atoms with Crippen LogP contribution in [-0.2, 0) is 24.7 Å². The van der Waals surface area contributed by atoms with Gasteiger partial charge in [0.1, 0.15) is 11.3 Å². The Kier molecular flexibility index (Phi) is 4.54. The Balaban J connectivity index is 1.31. The molecule has 1 saturated carbocycles. The summed E-state index contributed by atoms with van der Waals surface area (Å²) in [5.74, 6) is 1.50. The third-order valence-corrected chi connectivity index (χ3v) is 9.51. The number of rotatable bonds is 3. The first-order chi connectivity index (χ1) is 16.5. The smallest absolute Gasteiger partial charge is 0.261 e. The molecule has 3 heterocycles. The number of nitrogens with one attached hydrogen (secondary N) is 1. The third-order valence-electron chi connectivity index (χ3n) is 9.51. The first-order valence-electron chi connectivity index (χ1n) is 13.1. The Bertz CT molecular complexity index is 1230. The Labute approximate surface area is 200 Å². The molecular weight excluding hydrogens is 426 g/mol. The van der Waals surface area contributed by atoms with Gasteiger partial charge in [-0.1, -0.05) is 6.07 Å². The number of aromatic nitrogens is 1. The molecule has 1 aromatic carbocycles. The van der Waals surface area contributed by atoms with Gasteiger partial charge in [-0.2, -0.15) is 0 Å². The van der Waals surface area contributed by atoms with Gasteiger partial charge in [0, 0.05) is 36.8 Å². The SMILES string of the molecule is O=C(c1cc2c([nH]c1=O)CC13CCN(CC4CC4)[C@H](Cc4ccc(O)cc41)[C@H]3C2)N1CCCC1. The molecule has 2 saturated heterocycles. The van der Waals surface area contributed by atoms with Crippen molar-refractivity contribution >= 4 is 5.91 Å². The molecule has 7 rings (SSSR count). The van der Waals surface area contributed by atoms with E-state index in [0.29, 0.717) is 23.3 Å². The molecule has 2 aliphatic heterocycles. The number of aromatic amines is 1. The van der Waals surface area contributed by atoms with Crippen LogP contribution in [0.15, 0.2) is 29.1 Å². The average Bonchev–Trinajstić information content (AvgIpc) is 3.47. The summed E-state index contributed by atoms with van der Waals surface area (Å²) in [5, 5.41) is 10.4. The Hall–Kier alpha value is -2.60. The summed E-state index contributed by atoms with van der Waals surface area (Å²) in [6, 6.07) is 8.33. The van der Waals surface area contributed by atoms with Crippen LogP contribution in [0.1, 0.15) is 64.8 Å². The zero-order valence-electron chi connectivity index (χ0n) is 19.7. The van der Waals surface area contributed by atoms with E-state index in [1.54, 1.807) is 0 Å². The topological polar surface area (TPSA) is 76.6 Å². The molecule has 1 unspecified atom stereocenters. The molecule has 0 spiro atoms. The van der Waals surface area contributed by atoms with Crippen LogP contribution in [0.3, 0.4) is 0 Å². The molecule has 0 radical (unpaired) electrons. The van der Waals surface area contributed by atoms with Gasteiger partial charge in [-0.05, 0) is 105 Å². The van der Waals surface area contributed by atoms with E-state index in [1.165, 1.54) is 30.5 Å². The standard InChI is InChI=1S/C28H33N3O3/c32-20-6-5-18-13-25-23-12-19-11-21(27(34)30-8-1-2-9-30)26(33)29-24(19)15-28(23,22(18)14-20)7-10-31(25)16-17-3-4-17/h5-6,11,14,17,23,25,32H,1-4,7-10,12-13,15-16H2,(H,29,33)/t23-,25-,28?/m1/s1. The molecule has 3 aliphatic carbocycles. The number of aromatic hydroxyl groups is 1. The number of carbonyl (C=O) groups excluding carboxylic acids is 1. The molecule has 34 heavy (non-hydrogen) atoms. The van der Waals surface area contributed by atoms with Crippen molar-refractivity contribution in [3.63, 3.8) is 0 Å². The Morgan fingerprint density at radius 3 is 2.71 bits per heavy atom. The van der Waals surface area contributed by atoms with Gasteiger partial charge in [-0.25, -0.2) is 0 Å². The predicted octanol–water partition coefficient (Wildman–Crippen LogP) is 3.01. The quantitative estimate of drug-likeness (QED) is 0.740. The van der Waals surface area contributed by atoms with E-state index in [-0.39, 0.29) is 16.9 Å². The van der Waals surface area contributed by atoms with Crippen molar-refractivity contribution in [1.82, 2.24) is 14.8 Å². The lowest BCUT2D eigenvalue weighted by atomic mass is 9.52. The molecule has 3 fully saturated rings. The molecular formula is C28H33N3O3. The van der Waals surface area contributed by atoms with Crippen LogP contribution in [0.5, 0.6) is 5.75 Å². The van der Waals surface area contributed by atoms with Crippen LogP contribution >= 0.6 is 0 Å². The number of pyridine rings is 1. The lowest BCUT2D eigenvalue weighted by Gasteiger charge is -2.59. The van der Waals surface area contributed by atoms with Gasteiger partial charge in [0.15, 0.2) is 0 Å². The number of phenols is 1. The summed E-state index contributed by atoms with van der Waals surface area (Å²) in [5.41, 5.74) is 4.77. The van der Waals surface area contributed by atoms with E-state index < -0.39 is 0 Å². The van der Waals surface area contributed by atoms with Gasteiger partial charge < -0.3 is 15.0 Å². The van der Waals surface area contributed by atoms with Crippen LogP contribution in [-0.4, -0.2) is 58.0 Å². The molecule has 178 valence electrons. The Morgan fingerprint density at radius 1 is 1.09 bits per heavy atom. The molecule has 5 aliphatic rings. The van der Waals surface area contributed by atoms with Crippen LogP contribution in [0, 0.1) is 11.8 Å². The first kappa shape index (κ1) is 20.7. The zero-order valence-corrected chi connectivity index (χ0v) is 19.7. The average molecular weight is 460 g/mol. The van der Waals surface area contributed by atoms with Crippen molar-refractivity contribution in [3.05, 3.63) is 62.6 Å². The molecule has 1 amide bonds. The highest BCUT2D eigenvalue weighted by molar-refractivity contribution is 5.94.